The fourth-order valence-electron chi connectivity index (χ4n) is 1.78. The fourth-order valence-corrected chi connectivity index (χ4v) is 2.51. The molecular formula is C14H17FN4OS. The van der Waals surface area contributed by atoms with Gasteiger partial charge < -0.3 is 9.88 Å². The number of aromatic nitrogens is 3. The molecule has 2 rings (SSSR count). The van der Waals surface area contributed by atoms with Crippen molar-refractivity contribution in [2.45, 2.75) is 25.0 Å². The number of nitrogens with one attached hydrogen (secondary N) is 1. The number of hydrogen-bond donors (Lipinski definition) is 1. The molecule has 0 saturated carbocycles. The van der Waals surface area contributed by atoms with Crippen LogP contribution in [0, 0.1) is 5.82 Å². The Morgan fingerprint density at radius 3 is 2.62 bits per heavy atom. The average Bonchev–Trinajstić information content (AvgIpc) is 2.78. The van der Waals surface area contributed by atoms with Crippen LogP contribution in [0.5, 0.6) is 0 Å². The Labute approximate surface area is 127 Å². The highest BCUT2D eigenvalue weighted by Gasteiger charge is 2.13. The van der Waals surface area contributed by atoms with Crippen LogP contribution >= 0.6 is 11.8 Å². The number of thioether (sulfide) groups is 1. The second-order valence-electron chi connectivity index (χ2n) is 4.88. The van der Waals surface area contributed by atoms with E-state index in [1.165, 1.54) is 23.9 Å². The summed E-state index contributed by atoms with van der Waals surface area (Å²) < 4.78 is 14.7. The molecule has 1 aromatic heterocycles. The SMILES string of the molecule is CC(C)NC(=O)CSc1nnc(-c2ccc(F)cc2)n1C. The molecule has 0 aliphatic heterocycles. The minimum absolute atomic E-state index is 0.0404. The first-order valence-corrected chi connectivity index (χ1v) is 7.53. The topological polar surface area (TPSA) is 59.8 Å². The van der Waals surface area contributed by atoms with Crippen LogP contribution < -0.4 is 5.32 Å². The third kappa shape index (κ3) is 4.04. The van der Waals surface area contributed by atoms with Gasteiger partial charge in [-0.3, -0.25) is 4.79 Å². The lowest BCUT2D eigenvalue weighted by Gasteiger charge is -2.07. The zero-order chi connectivity index (χ0) is 15.4. The maximum atomic E-state index is 12.9. The maximum absolute atomic E-state index is 12.9. The van der Waals surface area contributed by atoms with Crippen molar-refractivity contribution in [1.82, 2.24) is 20.1 Å². The van der Waals surface area contributed by atoms with Gasteiger partial charge in [-0.1, -0.05) is 11.8 Å². The van der Waals surface area contributed by atoms with Crippen LogP contribution in [0.25, 0.3) is 11.4 Å². The molecule has 2 aromatic rings. The van der Waals surface area contributed by atoms with Gasteiger partial charge in [-0.2, -0.15) is 0 Å². The van der Waals surface area contributed by atoms with Gasteiger partial charge in [0, 0.05) is 18.7 Å². The standard InChI is InChI=1S/C14H17FN4OS/c1-9(2)16-12(20)8-21-14-18-17-13(19(14)3)10-4-6-11(15)7-5-10/h4-7,9H,8H2,1-3H3,(H,16,20). The van der Waals surface area contributed by atoms with E-state index in [0.717, 1.165) is 5.56 Å². The van der Waals surface area contributed by atoms with Crippen molar-refractivity contribution in [2.75, 3.05) is 5.75 Å². The summed E-state index contributed by atoms with van der Waals surface area (Å²) in [7, 11) is 1.82. The predicted molar refractivity (Wildman–Crippen MR) is 80.4 cm³/mol. The van der Waals surface area contributed by atoms with E-state index < -0.39 is 0 Å². The lowest BCUT2D eigenvalue weighted by Crippen LogP contribution is -2.31. The quantitative estimate of drug-likeness (QED) is 0.861. The number of carbonyl (C=O) groups excluding carboxylic acids is 1. The van der Waals surface area contributed by atoms with Gasteiger partial charge in [0.1, 0.15) is 5.82 Å². The number of nitrogens with zero attached hydrogens (tertiary/aromatic N) is 3. The van der Waals surface area contributed by atoms with Gasteiger partial charge in [-0.05, 0) is 38.1 Å². The fraction of sp³-hybridized carbons (Fsp3) is 0.357. The number of rotatable bonds is 5. The highest BCUT2D eigenvalue weighted by Crippen LogP contribution is 2.22. The van der Waals surface area contributed by atoms with Crippen LogP contribution in [0.15, 0.2) is 29.4 Å². The summed E-state index contributed by atoms with van der Waals surface area (Å²) in [5, 5.41) is 11.6. The smallest absolute Gasteiger partial charge is 0.230 e. The highest BCUT2D eigenvalue weighted by molar-refractivity contribution is 7.99. The van der Waals surface area contributed by atoms with Gasteiger partial charge in [-0.25, -0.2) is 4.39 Å². The molecule has 0 bridgehead atoms. The Kier molecular flexibility index (Phi) is 4.95. The van der Waals surface area contributed by atoms with E-state index in [2.05, 4.69) is 15.5 Å². The van der Waals surface area contributed by atoms with Crippen molar-refractivity contribution >= 4 is 17.7 Å². The van der Waals surface area contributed by atoms with Gasteiger partial charge in [0.2, 0.25) is 5.91 Å². The first-order chi connectivity index (χ1) is 9.97. The molecule has 1 amide bonds. The number of carbonyl (C=O) groups is 1. The van der Waals surface area contributed by atoms with Gasteiger partial charge >= 0.3 is 0 Å². The summed E-state index contributed by atoms with van der Waals surface area (Å²) in [6.45, 7) is 3.83. The lowest BCUT2D eigenvalue weighted by atomic mass is 10.2. The Bertz CT molecular complexity index is 624. The summed E-state index contributed by atoms with van der Waals surface area (Å²) in [4.78, 5) is 11.6. The number of benzene rings is 1. The Balaban J connectivity index is 2.07. The van der Waals surface area contributed by atoms with Crippen LogP contribution in [0.2, 0.25) is 0 Å². The summed E-state index contributed by atoms with van der Waals surface area (Å²) >= 11 is 1.32. The van der Waals surface area contributed by atoms with Gasteiger partial charge in [0.25, 0.3) is 0 Å². The molecule has 1 N–H and O–H groups in total. The van der Waals surface area contributed by atoms with Gasteiger partial charge in [0.15, 0.2) is 11.0 Å². The normalized spacial score (nSPS) is 10.9. The Morgan fingerprint density at radius 1 is 1.33 bits per heavy atom. The van der Waals surface area contributed by atoms with E-state index in [4.69, 9.17) is 0 Å². The minimum atomic E-state index is -0.291. The molecule has 0 saturated heterocycles. The molecule has 0 unspecified atom stereocenters. The average molecular weight is 308 g/mol. The molecule has 1 heterocycles. The van der Waals surface area contributed by atoms with Crippen LogP contribution in [-0.4, -0.2) is 32.5 Å². The van der Waals surface area contributed by atoms with Gasteiger partial charge in [0.05, 0.1) is 5.75 Å². The Hall–Kier alpha value is -1.89. The molecule has 21 heavy (non-hydrogen) atoms. The first-order valence-electron chi connectivity index (χ1n) is 6.55. The zero-order valence-corrected chi connectivity index (χ0v) is 12.9. The second kappa shape index (κ2) is 6.71. The van der Waals surface area contributed by atoms with Crippen molar-refractivity contribution in [2.24, 2.45) is 7.05 Å². The largest absolute Gasteiger partial charge is 0.353 e. The van der Waals surface area contributed by atoms with Crippen LogP contribution in [-0.2, 0) is 11.8 Å². The van der Waals surface area contributed by atoms with E-state index in [0.29, 0.717) is 11.0 Å². The molecule has 7 heteroatoms. The molecule has 1 aromatic carbocycles. The number of halogens is 1. The third-order valence-corrected chi connectivity index (χ3v) is 3.74. The van der Waals surface area contributed by atoms with E-state index in [1.807, 2.05) is 20.9 Å². The van der Waals surface area contributed by atoms with Crippen molar-refractivity contribution < 1.29 is 9.18 Å². The summed E-state index contributed by atoms with van der Waals surface area (Å²) in [6, 6.07) is 6.19. The molecular weight excluding hydrogens is 291 g/mol. The van der Waals surface area contributed by atoms with Crippen molar-refractivity contribution in [1.29, 1.82) is 0 Å². The summed E-state index contributed by atoms with van der Waals surface area (Å²) in [6.07, 6.45) is 0. The second-order valence-corrected chi connectivity index (χ2v) is 5.83. The van der Waals surface area contributed by atoms with Crippen molar-refractivity contribution in [3.63, 3.8) is 0 Å². The molecule has 5 nitrogen and oxygen atoms in total. The van der Waals surface area contributed by atoms with E-state index in [-0.39, 0.29) is 23.5 Å². The third-order valence-electron chi connectivity index (χ3n) is 2.72. The zero-order valence-electron chi connectivity index (χ0n) is 12.1. The highest BCUT2D eigenvalue weighted by atomic mass is 32.2. The monoisotopic (exact) mass is 308 g/mol. The molecule has 0 aliphatic rings. The summed E-state index contributed by atoms with van der Waals surface area (Å²) in [5.74, 6) is 0.595. The molecule has 0 atom stereocenters. The van der Waals surface area contributed by atoms with E-state index >= 15 is 0 Å². The van der Waals surface area contributed by atoms with Crippen LogP contribution in [0.4, 0.5) is 4.39 Å². The number of hydrogen-bond acceptors (Lipinski definition) is 4. The van der Waals surface area contributed by atoms with E-state index in [9.17, 15) is 9.18 Å². The van der Waals surface area contributed by atoms with E-state index in [1.54, 1.807) is 16.7 Å². The lowest BCUT2D eigenvalue weighted by molar-refractivity contribution is -0.119. The van der Waals surface area contributed by atoms with Crippen LogP contribution in [0.1, 0.15) is 13.8 Å². The maximum Gasteiger partial charge on any atom is 0.230 e. The van der Waals surface area contributed by atoms with Crippen molar-refractivity contribution in [3.8, 4) is 11.4 Å². The molecule has 0 spiro atoms. The predicted octanol–water partition coefficient (Wildman–Crippen LogP) is 2.24. The molecule has 0 radical (unpaired) electrons. The number of amides is 1. The molecule has 0 fully saturated rings. The van der Waals surface area contributed by atoms with Crippen molar-refractivity contribution in [3.05, 3.63) is 30.1 Å². The minimum Gasteiger partial charge on any atom is -0.353 e. The van der Waals surface area contributed by atoms with Crippen LogP contribution in [0.3, 0.4) is 0 Å². The first kappa shape index (κ1) is 15.5. The molecule has 112 valence electrons. The molecule has 0 aliphatic carbocycles. The Morgan fingerprint density at radius 2 is 2.00 bits per heavy atom. The summed E-state index contributed by atoms with van der Waals surface area (Å²) in [5.41, 5.74) is 0.782. The van der Waals surface area contributed by atoms with Gasteiger partial charge in [-0.15, -0.1) is 10.2 Å².